The summed E-state index contributed by atoms with van der Waals surface area (Å²) in [7, 11) is 0. The first-order valence-corrected chi connectivity index (χ1v) is 10.3. The van der Waals surface area contributed by atoms with Crippen molar-refractivity contribution in [2.75, 3.05) is 5.73 Å². The Bertz CT molecular complexity index is 1530. The number of nitrogens with two attached hydrogens (primary N) is 1. The maximum Gasteiger partial charge on any atom is 0.416 e. The van der Waals surface area contributed by atoms with Crippen LogP contribution in [-0.4, -0.2) is 20.5 Å². The zero-order valence-corrected chi connectivity index (χ0v) is 17.6. The van der Waals surface area contributed by atoms with Gasteiger partial charge in [0.1, 0.15) is 23.5 Å². The molecule has 0 aliphatic carbocycles. The number of fused-ring (bicyclic) bond motifs is 2. The predicted octanol–water partition coefficient (Wildman–Crippen LogP) is 5.53. The Hall–Kier alpha value is -4.40. The molecule has 0 aliphatic rings. The molecule has 0 saturated heterocycles. The molecule has 0 radical (unpaired) electrons. The lowest BCUT2D eigenvalue weighted by molar-refractivity contribution is -0.137. The number of hydrogen-bond donors (Lipinski definition) is 1. The number of halogens is 3. The van der Waals surface area contributed by atoms with Gasteiger partial charge < -0.3 is 10.5 Å². The summed E-state index contributed by atoms with van der Waals surface area (Å²) in [5.74, 6) is -0.857. The van der Waals surface area contributed by atoms with Gasteiger partial charge in [-0.3, -0.25) is 4.57 Å². The van der Waals surface area contributed by atoms with Gasteiger partial charge in [0.05, 0.1) is 16.6 Å². The number of alkyl halides is 3. The van der Waals surface area contributed by atoms with Crippen LogP contribution in [0.1, 0.15) is 21.5 Å². The van der Waals surface area contributed by atoms with E-state index in [1.807, 2.05) is 18.2 Å². The van der Waals surface area contributed by atoms with Crippen LogP contribution in [0, 0.1) is 0 Å². The second kappa shape index (κ2) is 8.18. The number of nitrogens with zero attached hydrogens (tertiary/aromatic N) is 3. The van der Waals surface area contributed by atoms with Crippen molar-refractivity contribution in [1.29, 1.82) is 0 Å². The van der Waals surface area contributed by atoms with E-state index >= 15 is 0 Å². The van der Waals surface area contributed by atoms with Crippen molar-refractivity contribution < 1.29 is 22.7 Å². The maximum atomic E-state index is 13.4. The summed E-state index contributed by atoms with van der Waals surface area (Å²) in [5.41, 5.74) is 7.62. The van der Waals surface area contributed by atoms with Crippen molar-refractivity contribution in [3.63, 3.8) is 0 Å². The fourth-order valence-electron chi connectivity index (χ4n) is 3.74. The van der Waals surface area contributed by atoms with Gasteiger partial charge in [-0.2, -0.15) is 13.2 Å². The molecule has 2 heterocycles. The average molecular weight is 462 g/mol. The highest BCUT2D eigenvalue weighted by atomic mass is 19.4. The SMILES string of the molecule is Nc1c(C(=O)OCc2ccccc2)c2nc3ccccc3nc2n1-c1cccc(C(F)(F)F)c1. The van der Waals surface area contributed by atoms with Gasteiger partial charge in [-0.1, -0.05) is 48.5 Å². The van der Waals surface area contributed by atoms with Crippen LogP contribution in [0.3, 0.4) is 0 Å². The van der Waals surface area contributed by atoms with Crippen LogP contribution in [0.25, 0.3) is 27.9 Å². The standard InChI is InChI=1S/C25H17F3N4O2/c26-25(27,28)16-9-6-10-17(13-16)32-22(29)20(24(33)34-14-15-7-2-1-3-8-15)21-23(32)31-19-12-5-4-11-18(19)30-21/h1-13H,14,29H2. The molecule has 6 nitrogen and oxygen atoms in total. The Kier molecular flexibility index (Phi) is 5.16. The molecule has 9 heteroatoms. The lowest BCUT2D eigenvalue weighted by Crippen LogP contribution is -2.10. The number of esters is 1. The minimum absolute atomic E-state index is 0.00362. The van der Waals surface area contributed by atoms with Gasteiger partial charge >= 0.3 is 12.1 Å². The minimum atomic E-state index is -4.55. The number of ether oxygens (including phenoxy) is 1. The quantitative estimate of drug-likeness (QED) is 0.355. The van der Waals surface area contributed by atoms with Crippen LogP contribution in [0.15, 0.2) is 78.9 Å². The first kappa shape index (κ1) is 21.4. The van der Waals surface area contributed by atoms with E-state index in [4.69, 9.17) is 10.5 Å². The molecule has 0 saturated carbocycles. The van der Waals surface area contributed by atoms with Gasteiger partial charge in [0.15, 0.2) is 5.65 Å². The van der Waals surface area contributed by atoms with Gasteiger partial charge in [0, 0.05) is 5.69 Å². The molecule has 34 heavy (non-hydrogen) atoms. The summed E-state index contributed by atoms with van der Waals surface area (Å²) in [6, 6.07) is 20.7. The number of anilines is 1. The van der Waals surface area contributed by atoms with Gasteiger partial charge in [0.25, 0.3) is 0 Å². The second-order valence-corrected chi connectivity index (χ2v) is 7.59. The molecule has 5 aromatic rings. The number of nitrogen functional groups attached to an aromatic ring is 1. The van der Waals surface area contributed by atoms with Gasteiger partial charge in [-0.25, -0.2) is 14.8 Å². The van der Waals surface area contributed by atoms with Gasteiger partial charge in [0.2, 0.25) is 0 Å². The topological polar surface area (TPSA) is 83.0 Å². The molecule has 0 fully saturated rings. The summed E-state index contributed by atoms with van der Waals surface area (Å²) in [6.07, 6.45) is -4.55. The minimum Gasteiger partial charge on any atom is -0.457 e. The third kappa shape index (κ3) is 3.81. The smallest absolute Gasteiger partial charge is 0.416 e. The van der Waals surface area contributed by atoms with Crippen molar-refractivity contribution in [3.05, 3.63) is 95.6 Å². The monoisotopic (exact) mass is 462 g/mol. The fourth-order valence-corrected chi connectivity index (χ4v) is 3.74. The maximum absolute atomic E-state index is 13.4. The Labute approximate surface area is 191 Å². The number of hydrogen-bond acceptors (Lipinski definition) is 5. The van der Waals surface area contributed by atoms with E-state index in [-0.39, 0.29) is 34.8 Å². The van der Waals surface area contributed by atoms with Crippen LogP contribution in [0.4, 0.5) is 19.0 Å². The molecule has 0 atom stereocenters. The lowest BCUT2D eigenvalue weighted by atomic mass is 10.2. The average Bonchev–Trinajstić information content (AvgIpc) is 3.12. The highest BCUT2D eigenvalue weighted by Gasteiger charge is 2.32. The molecular weight excluding hydrogens is 445 g/mol. The van der Waals surface area contributed by atoms with E-state index in [1.54, 1.807) is 36.4 Å². The van der Waals surface area contributed by atoms with Crippen molar-refractivity contribution in [2.45, 2.75) is 12.8 Å². The van der Waals surface area contributed by atoms with Crippen LogP contribution >= 0.6 is 0 Å². The van der Waals surface area contributed by atoms with E-state index in [0.717, 1.165) is 17.7 Å². The summed E-state index contributed by atoms with van der Waals surface area (Å²) in [5, 5.41) is 0. The van der Waals surface area contributed by atoms with E-state index in [9.17, 15) is 18.0 Å². The molecule has 2 N–H and O–H groups in total. The Balaban J connectivity index is 1.69. The molecule has 0 aliphatic heterocycles. The van der Waals surface area contributed by atoms with Crippen LogP contribution in [-0.2, 0) is 17.5 Å². The Morgan fingerprint density at radius 2 is 1.59 bits per heavy atom. The molecule has 0 amide bonds. The molecule has 0 unspecified atom stereocenters. The lowest BCUT2D eigenvalue weighted by Gasteiger charge is -2.12. The Morgan fingerprint density at radius 3 is 2.29 bits per heavy atom. The molecule has 0 bridgehead atoms. The van der Waals surface area contributed by atoms with Gasteiger partial charge in [-0.05, 0) is 35.9 Å². The number of carbonyl (C=O) groups is 1. The first-order valence-electron chi connectivity index (χ1n) is 10.3. The molecule has 170 valence electrons. The zero-order chi connectivity index (χ0) is 23.9. The summed E-state index contributed by atoms with van der Waals surface area (Å²) < 4.78 is 46.8. The van der Waals surface area contributed by atoms with Crippen LogP contribution in [0.2, 0.25) is 0 Å². The van der Waals surface area contributed by atoms with E-state index in [2.05, 4.69) is 9.97 Å². The van der Waals surface area contributed by atoms with E-state index in [0.29, 0.717) is 11.0 Å². The number of benzene rings is 3. The number of aromatic nitrogens is 3. The van der Waals surface area contributed by atoms with Gasteiger partial charge in [-0.15, -0.1) is 0 Å². The number of rotatable bonds is 4. The first-order chi connectivity index (χ1) is 16.3. The molecule has 5 rings (SSSR count). The van der Waals surface area contributed by atoms with Crippen molar-refractivity contribution in [1.82, 2.24) is 14.5 Å². The molecular formula is C25H17F3N4O2. The largest absolute Gasteiger partial charge is 0.457 e. The second-order valence-electron chi connectivity index (χ2n) is 7.59. The molecule has 2 aromatic heterocycles. The predicted molar refractivity (Wildman–Crippen MR) is 121 cm³/mol. The number of carbonyl (C=O) groups excluding carboxylic acids is 1. The fraction of sp³-hybridized carbons (Fsp3) is 0.0800. The number of para-hydroxylation sites is 2. The van der Waals surface area contributed by atoms with E-state index in [1.165, 1.54) is 16.7 Å². The summed E-state index contributed by atoms with van der Waals surface area (Å²) in [6.45, 7) is -0.00362. The third-order valence-electron chi connectivity index (χ3n) is 5.35. The molecule has 0 spiro atoms. The third-order valence-corrected chi connectivity index (χ3v) is 5.35. The van der Waals surface area contributed by atoms with Crippen molar-refractivity contribution in [2.24, 2.45) is 0 Å². The van der Waals surface area contributed by atoms with Crippen LogP contribution in [0.5, 0.6) is 0 Å². The molecule has 3 aromatic carbocycles. The highest BCUT2D eigenvalue weighted by Crippen LogP contribution is 2.35. The van der Waals surface area contributed by atoms with E-state index < -0.39 is 17.7 Å². The van der Waals surface area contributed by atoms with Crippen LogP contribution < -0.4 is 5.73 Å². The highest BCUT2D eigenvalue weighted by molar-refractivity contribution is 6.09. The summed E-state index contributed by atoms with van der Waals surface area (Å²) in [4.78, 5) is 22.2. The summed E-state index contributed by atoms with van der Waals surface area (Å²) >= 11 is 0. The van der Waals surface area contributed by atoms with Crippen molar-refractivity contribution in [3.8, 4) is 5.69 Å². The zero-order valence-electron chi connectivity index (χ0n) is 17.6. The van der Waals surface area contributed by atoms with Crippen molar-refractivity contribution >= 4 is 34.0 Å². The Morgan fingerprint density at radius 1 is 0.912 bits per heavy atom. The normalized spacial score (nSPS) is 11.7.